The fourth-order valence-electron chi connectivity index (χ4n) is 5.60. The molecular formula is C40H35ClN8. The predicted molar refractivity (Wildman–Crippen MR) is 196 cm³/mol. The molecule has 3 aromatic heterocycles. The molecule has 8 nitrogen and oxygen atoms in total. The van der Waals surface area contributed by atoms with Crippen molar-refractivity contribution < 1.29 is 0 Å². The minimum Gasteiger partial charge on any atom is -0.243 e. The van der Waals surface area contributed by atoms with Gasteiger partial charge in [0.15, 0.2) is 28.5 Å². The van der Waals surface area contributed by atoms with Crippen LogP contribution in [0.25, 0.3) is 67.8 Å². The molecule has 3 heterocycles. The van der Waals surface area contributed by atoms with Crippen LogP contribution in [0.2, 0.25) is 5.15 Å². The Morgan fingerprint density at radius 1 is 0.449 bits per heavy atom. The summed E-state index contributed by atoms with van der Waals surface area (Å²) in [5.74, 6) is 2.11. The van der Waals surface area contributed by atoms with Crippen LogP contribution in [-0.2, 0) is 10.8 Å². The number of hydrogen-bond donors (Lipinski definition) is 0. The van der Waals surface area contributed by atoms with Crippen molar-refractivity contribution in [3.63, 3.8) is 0 Å². The monoisotopic (exact) mass is 662 g/mol. The lowest BCUT2D eigenvalue weighted by Crippen LogP contribution is -2.10. The van der Waals surface area contributed by atoms with Crippen LogP contribution in [-0.4, -0.2) is 39.9 Å². The molecule has 0 bridgehead atoms. The Balaban J connectivity index is 1.35. The smallest absolute Gasteiger partial charge is 0.164 e. The van der Waals surface area contributed by atoms with Gasteiger partial charge < -0.3 is 0 Å². The quantitative estimate of drug-likeness (QED) is 0.179. The molecule has 0 aliphatic rings. The SMILES string of the molecule is CC(C)(C)c1ccc(-c2ncnc(-c3ccc(-c4nc5ccccc5nc4Cl)c(-c4ncnc(-c5ccc(C(C)(C)C)cc5)n4)c3)n2)cc1. The van der Waals surface area contributed by atoms with Crippen LogP contribution < -0.4 is 0 Å². The third kappa shape index (κ3) is 6.65. The maximum absolute atomic E-state index is 6.80. The van der Waals surface area contributed by atoms with Crippen LogP contribution in [0.4, 0.5) is 0 Å². The van der Waals surface area contributed by atoms with Crippen LogP contribution in [0, 0.1) is 0 Å². The predicted octanol–water partition coefficient (Wildman–Crippen LogP) is 9.58. The van der Waals surface area contributed by atoms with Gasteiger partial charge in [0.25, 0.3) is 0 Å². The van der Waals surface area contributed by atoms with E-state index < -0.39 is 0 Å². The van der Waals surface area contributed by atoms with E-state index in [9.17, 15) is 0 Å². The van der Waals surface area contributed by atoms with Crippen LogP contribution >= 0.6 is 11.6 Å². The minimum absolute atomic E-state index is 0.0308. The zero-order valence-electron chi connectivity index (χ0n) is 28.3. The van der Waals surface area contributed by atoms with Crippen molar-refractivity contribution in [3.05, 3.63) is 120 Å². The third-order valence-corrected chi connectivity index (χ3v) is 8.73. The summed E-state index contributed by atoms with van der Waals surface area (Å²) >= 11 is 6.80. The standard InChI is InChI=1S/C40H35ClN8/c1-39(2,3)27-16-11-24(12-17-27)35-42-22-44-37(48-35)26-15-20-29(33-34(41)47-32-10-8-7-9-31(32)46-33)30(21-26)38-45-23-43-36(49-38)25-13-18-28(19-14-25)40(4,5)6/h7-23H,1-6H3. The molecule has 4 aromatic carbocycles. The number of benzene rings is 4. The zero-order valence-corrected chi connectivity index (χ0v) is 29.0. The first-order valence-corrected chi connectivity index (χ1v) is 16.5. The molecule has 0 radical (unpaired) electrons. The molecule has 0 saturated carbocycles. The van der Waals surface area contributed by atoms with E-state index >= 15 is 0 Å². The maximum atomic E-state index is 6.80. The van der Waals surface area contributed by atoms with Crippen molar-refractivity contribution in [1.82, 2.24) is 39.9 Å². The molecule has 0 unspecified atom stereocenters. The normalized spacial score (nSPS) is 12.0. The first kappa shape index (κ1) is 32.1. The van der Waals surface area contributed by atoms with E-state index in [1.807, 2.05) is 54.6 Å². The summed E-state index contributed by atoms with van der Waals surface area (Å²) in [6.45, 7) is 13.2. The number of aromatic nitrogens is 8. The molecule has 0 saturated heterocycles. The van der Waals surface area contributed by atoms with Crippen LogP contribution in [0.1, 0.15) is 52.7 Å². The number of halogens is 1. The van der Waals surface area contributed by atoms with E-state index in [2.05, 4.69) is 103 Å². The molecule has 9 heteroatoms. The Bertz CT molecular complexity index is 2310. The molecular weight excluding hydrogens is 628 g/mol. The number of rotatable bonds is 5. The van der Waals surface area contributed by atoms with Gasteiger partial charge >= 0.3 is 0 Å². The van der Waals surface area contributed by atoms with Crippen LogP contribution in [0.3, 0.4) is 0 Å². The van der Waals surface area contributed by atoms with Crippen LogP contribution in [0.5, 0.6) is 0 Å². The summed E-state index contributed by atoms with van der Waals surface area (Å²) in [6.07, 6.45) is 3.07. The molecule has 49 heavy (non-hydrogen) atoms. The van der Waals surface area contributed by atoms with Gasteiger partial charge in [0.2, 0.25) is 0 Å². The van der Waals surface area contributed by atoms with E-state index in [0.717, 1.165) is 27.8 Å². The average Bonchev–Trinajstić information content (AvgIpc) is 3.10. The third-order valence-electron chi connectivity index (χ3n) is 8.46. The fraction of sp³-hybridized carbons (Fsp3) is 0.200. The Labute approximate surface area is 290 Å². The Hall–Kier alpha value is -5.47. The van der Waals surface area contributed by atoms with Gasteiger partial charge in [0.1, 0.15) is 18.3 Å². The molecule has 0 fully saturated rings. The van der Waals surface area contributed by atoms with Gasteiger partial charge in [-0.15, -0.1) is 0 Å². The van der Waals surface area contributed by atoms with Gasteiger partial charge in [-0.1, -0.05) is 126 Å². The number of para-hydroxylation sites is 2. The zero-order chi connectivity index (χ0) is 34.3. The van der Waals surface area contributed by atoms with Crippen molar-refractivity contribution in [2.24, 2.45) is 0 Å². The molecule has 0 amide bonds. The van der Waals surface area contributed by atoms with Crippen LogP contribution in [0.15, 0.2) is 104 Å². The molecule has 7 rings (SSSR count). The first-order valence-electron chi connectivity index (χ1n) is 16.1. The highest BCUT2D eigenvalue weighted by Gasteiger charge is 2.20. The topological polar surface area (TPSA) is 103 Å². The Morgan fingerprint density at radius 2 is 0.898 bits per heavy atom. The summed E-state index contributed by atoms with van der Waals surface area (Å²) in [7, 11) is 0. The first-order chi connectivity index (χ1) is 23.4. The number of nitrogens with zero attached hydrogens (tertiary/aromatic N) is 8. The number of hydrogen-bond acceptors (Lipinski definition) is 8. The second kappa shape index (κ2) is 12.5. The van der Waals surface area contributed by atoms with E-state index in [4.69, 9.17) is 26.6 Å². The maximum Gasteiger partial charge on any atom is 0.164 e. The highest BCUT2D eigenvalue weighted by molar-refractivity contribution is 6.32. The summed E-state index contributed by atoms with van der Waals surface area (Å²) in [6, 6.07) is 30.2. The van der Waals surface area contributed by atoms with Crippen molar-refractivity contribution in [2.45, 2.75) is 52.4 Å². The lowest BCUT2D eigenvalue weighted by molar-refractivity contribution is 0.590. The summed E-state index contributed by atoms with van der Waals surface area (Å²) in [5.41, 5.74) is 8.47. The van der Waals surface area contributed by atoms with Crippen molar-refractivity contribution in [3.8, 4) is 56.8 Å². The number of fused-ring (bicyclic) bond motifs is 1. The fourth-order valence-corrected chi connectivity index (χ4v) is 5.84. The summed E-state index contributed by atoms with van der Waals surface area (Å²) in [4.78, 5) is 37.6. The lowest BCUT2D eigenvalue weighted by Gasteiger charge is -2.19. The molecule has 7 aromatic rings. The molecule has 0 spiro atoms. The van der Waals surface area contributed by atoms with Gasteiger partial charge in [-0.25, -0.2) is 39.9 Å². The average molecular weight is 663 g/mol. The molecule has 0 aliphatic carbocycles. The van der Waals surface area contributed by atoms with Gasteiger partial charge in [-0.3, -0.25) is 0 Å². The van der Waals surface area contributed by atoms with E-state index in [1.54, 1.807) is 0 Å². The lowest BCUT2D eigenvalue weighted by atomic mass is 9.86. The van der Waals surface area contributed by atoms with Crippen molar-refractivity contribution in [1.29, 1.82) is 0 Å². The van der Waals surface area contributed by atoms with Gasteiger partial charge in [-0.05, 0) is 40.2 Å². The van der Waals surface area contributed by atoms with Gasteiger partial charge in [0, 0.05) is 27.8 Å². The van der Waals surface area contributed by atoms with Gasteiger partial charge in [0.05, 0.1) is 11.0 Å². The van der Waals surface area contributed by atoms with Crippen molar-refractivity contribution >= 4 is 22.6 Å². The van der Waals surface area contributed by atoms with E-state index in [-0.39, 0.29) is 16.0 Å². The van der Waals surface area contributed by atoms with Crippen molar-refractivity contribution in [2.75, 3.05) is 0 Å². The second-order valence-electron chi connectivity index (χ2n) is 14.0. The van der Waals surface area contributed by atoms with E-state index in [1.165, 1.54) is 23.8 Å². The summed E-state index contributed by atoms with van der Waals surface area (Å²) < 4.78 is 0. The Morgan fingerprint density at radius 3 is 1.43 bits per heavy atom. The highest BCUT2D eigenvalue weighted by atomic mass is 35.5. The molecule has 0 aliphatic heterocycles. The molecule has 242 valence electrons. The molecule has 0 atom stereocenters. The highest BCUT2D eigenvalue weighted by Crippen LogP contribution is 2.37. The van der Waals surface area contributed by atoms with Gasteiger partial charge in [-0.2, -0.15) is 0 Å². The second-order valence-corrected chi connectivity index (χ2v) is 14.4. The van der Waals surface area contributed by atoms with E-state index in [0.29, 0.717) is 40.1 Å². The Kier molecular flexibility index (Phi) is 8.20. The largest absolute Gasteiger partial charge is 0.243 e. The summed E-state index contributed by atoms with van der Waals surface area (Å²) in [5, 5.41) is 0.279. The minimum atomic E-state index is 0.0308. The molecule has 0 N–H and O–H groups in total.